The van der Waals surface area contributed by atoms with E-state index in [2.05, 4.69) is 36.8 Å². The Hall–Kier alpha value is -2.65. The molecule has 0 saturated heterocycles. The summed E-state index contributed by atoms with van der Waals surface area (Å²) in [6.45, 7) is 0. The second-order valence-electron chi connectivity index (χ2n) is 5.61. The highest BCUT2D eigenvalue weighted by molar-refractivity contribution is 9.10. The van der Waals surface area contributed by atoms with Crippen molar-refractivity contribution in [2.75, 3.05) is 16.4 Å². The monoisotopic (exact) mass is 445 g/mol. The maximum absolute atomic E-state index is 12.4. The molecule has 138 valence electrons. The Morgan fingerprint density at radius 2 is 1.85 bits per heavy atom. The molecular formula is C18H16BrN5O2S. The highest BCUT2D eigenvalue weighted by Gasteiger charge is 2.10. The van der Waals surface area contributed by atoms with Crippen molar-refractivity contribution in [1.29, 1.82) is 0 Å². The van der Waals surface area contributed by atoms with Crippen molar-refractivity contribution < 1.29 is 9.59 Å². The summed E-state index contributed by atoms with van der Waals surface area (Å²) in [4.78, 5) is 24.6. The van der Waals surface area contributed by atoms with E-state index in [1.54, 1.807) is 41.2 Å². The van der Waals surface area contributed by atoms with Gasteiger partial charge in [0.2, 0.25) is 5.91 Å². The summed E-state index contributed by atoms with van der Waals surface area (Å²) in [5.74, 6) is -0.244. The minimum Gasteiger partial charge on any atom is -0.325 e. The van der Waals surface area contributed by atoms with E-state index in [9.17, 15) is 9.59 Å². The van der Waals surface area contributed by atoms with Crippen molar-refractivity contribution >= 4 is 50.9 Å². The number of rotatable bonds is 6. The largest absolute Gasteiger partial charge is 0.325 e. The molecule has 0 fully saturated rings. The van der Waals surface area contributed by atoms with Crippen LogP contribution in [0.5, 0.6) is 0 Å². The number of halogens is 1. The van der Waals surface area contributed by atoms with Crippen LogP contribution in [0.1, 0.15) is 10.4 Å². The molecule has 9 heteroatoms. The smallest absolute Gasteiger partial charge is 0.255 e. The number of carbonyl (C=O) groups excluding carboxylic acids is 2. The average molecular weight is 446 g/mol. The van der Waals surface area contributed by atoms with Crippen molar-refractivity contribution in [2.24, 2.45) is 7.05 Å². The van der Waals surface area contributed by atoms with Gasteiger partial charge in [0.05, 0.1) is 5.75 Å². The predicted octanol–water partition coefficient (Wildman–Crippen LogP) is 3.56. The van der Waals surface area contributed by atoms with E-state index in [1.807, 2.05) is 25.2 Å². The fourth-order valence-corrected chi connectivity index (χ4v) is 3.33. The van der Waals surface area contributed by atoms with Crippen molar-refractivity contribution in [3.05, 3.63) is 64.9 Å². The molecule has 2 aromatic carbocycles. The zero-order valence-electron chi connectivity index (χ0n) is 14.3. The lowest BCUT2D eigenvalue weighted by Crippen LogP contribution is -2.16. The minimum absolute atomic E-state index is 0.187. The number of anilines is 2. The third-order valence-electron chi connectivity index (χ3n) is 3.49. The SMILES string of the molecule is Cn1cnnc1SCC(=O)Nc1cccc(C(=O)Nc2cccc(Br)c2)c1. The molecule has 3 aromatic rings. The van der Waals surface area contributed by atoms with Gasteiger partial charge in [0, 0.05) is 28.5 Å². The third kappa shape index (κ3) is 5.41. The Morgan fingerprint density at radius 1 is 1.11 bits per heavy atom. The van der Waals surface area contributed by atoms with Crippen LogP contribution in [0.3, 0.4) is 0 Å². The van der Waals surface area contributed by atoms with Crippen LogP contribution in [0.4, 0.5) is 11.4 Å². The summed E-state index contributed by atoms with van der Waals surface area (Å²) < 4.78 is 2.62. The molecule has 0 aliphatic carbocycles. The molecule has 0 radical (unpaired) electrons. The topological polar surface area (TPSA) is 88.9 Å². The minimum atomic E-state index is -0.252. The van der Waals surface area contributed by atoms with Gasteiger partial charge in [-0.2, -0.15) is 0 Å². The highest BCUT2D eigenvalue weighted by Crippen LogP contribution is 2.18. The lowest BCUT2D eigenvalue weighted by Gasteiger charge is -2.09. The number of hydrogen-bond acceptors (Lipinski definition) is 5. The first-order chi connectivity index (χ1) is 13.0. The van der Waals surface area contributed by atoms with Gasteiger partial charge < -0.3 is 15.2 Å². The van der Waals surface area contributed by atoms with Crippen LogP contribution in [-0.4, -0.2) is 32.3 Å². The van der Waals surface area contributed by atoms with E-state index in [1.165, 1.54) is 11.8 Å². The molecule has 0 saturated carbocycles. The van der Waals surface area contributed by atoms with Gasteiger partial charge in [-0.15, -0.1) is 10.2 Å². The van der Waals surface area contributed by atoms with Gasteiger partial charge in [0.25, 0.3) is 5.91 Å². The molecule has 0 bridgehead atoms. The van der Waals surface area contributed by atoms with Gasteiger partial charge >= 0.3 is 0 Å². The normalized spacial score (nSPS) is 10.4. The number of benzene rings is 2. The first kappa shape index (κ1) is 19.1. The molecule has 7 nitrogen and oxygen atoms in total. The van der Waals surface area contributed by atoms with Crippen molar-refractivity contribution in [3.8, 4) is 0 Å². The van der Waals surface area contributed by atoms with Crippen LogP contribution < -0.4 is 10.6 Å². The molecule has 0 spiro atoms. The number of thioether (sulfide) groups is 1. The van der Waals surface area contributed by atoms with E-state index in [-0.39, 0.29) is 17.6 Å². The Morgan fingerprint density at radius 3 is 2.56 bits per heavy atom. The maximum Gasteiger partial charge on any atom is 0.255 e. The summed E-state index contributed by atoms with van der Waals surface area (Å²) in [6.07, 6.45) is 1.58. The third-order valence-corrected chi connectivity index (χ3v) is 5.02. The first-order valence-electron chi connectivity index (χ1n) is 7.95. The maximum atomic E-state index is 12.4. The van der Waals surface area contributed by atoms with E-state index in [4.69, 9.17) is 0 Å². The van der Waals surface area contributed by atoms with E-state index in [0.29, 0.717) is 22.1 Å². The number of amides is 2. The van der Waals surface area contributed by atoms with Crippen molar-refractivity contribution in [1.82, 2.24) is 14.8 Å². The van der Waals surface area contributed by atoms with Crippen LogP contribution in [0.15, 0.2) is 64.5 Å². The molecule has 3 rings (SSSR count). The quantitative estimate of drug-likeness (QED) is 0.566. The molecule has 1 heterocycles. The molecule has 1 aromatic heterocycles. The van der Waals surface area contributed by atoms with E-state index < -0.39 is 0 Å². The number of aryl methyl sites for hydroxylation is 1. The fourth-order valence-electron chi connectivity index (χ4n) is 2.24. The zero-order chi connectivity index (χ0) is 19.2. The number of nitrogens with one attached hydrogen (secondary N) is 2. The van der Waals surface area contributed by atoms with Crippen LogP contribution in [0.25, 0.3) is 0 Å². The van der Waals surface area contributed by atoms with Gasteiger partial charge in [-0.05, 0) is 36.4 Å². The highest BCUT2D eigenvalue weighted by atomic mass is 79.9. The van der Waals surface area contributed by atoms with Gasteiger partial charge in [-0.25, -0.2) is 0 Å². The standard InChI is InChI=1S/C18H16BrN5O2S/c1-24-11-20-23-18(24)27-10-16(25)21-14-6-2-4-12(8-14)17(26)22-15-7-3-5-13(19)9-15/h2-9,11H,10H2,1H3,(H,21,25)(H,22,26). The van der Waals surface area contributed by atoms with E-state index in [0.717, 1.165) is 4.47 Å². The zero-order valence-corrected chi connectivity index (χ0v) is 16.8. The Balaban J connectivity index is 1.60. The summed E-state index contributed by atoms with van der Waals surface area (Å²) >= 11 is 4.66. The number of carbonyl (C=O) groups is 2. The van der Waals surface area contributed by atoms with Crippen LogP contribution in [0, 0.1) is 0 Å². The lowest BCUT2D eigenvalue weighted by atomic mass is 10.2. The number of nitrogens with zero attached hydrogens (tertiary/aromatic N) is 3. The molecule has 2 amide bonds. The molecule has 0 unspecified atom stereocenters. The lowest BCUT2D eigenvalue weighted by molar-refractivity contribution is -0.113. The van der Waals surface area contributed by atoms with E-state index >= 15 is 0 Å². The molecule has 0 aliphatic heterocycles. The summed E-state index contributed by atoms with van der Waals surface area (Å²) in [5, 5.41) is 14.0. The van der Waals surface area contributed by atoms with Gasteiger partial charge in [0.1, 0.15) is 6.33 Å². The molecule has 0 aliphatic rings. The molecule has 0 atom stereocenters. The summed E-state index contributed by atoms with van der Waals surface area (Å²) in [6, 6.07) is 14.1. The number of hydrogen-bond donors (Lipinski definition) is 2. The van der Waals surface area contributed by atoms with Crippen molar-refractivity contribution in [3.63, 3.8) is 0 Å². The molecule has 27 heavy (non-hydrogen) atoms. The Bertz CT molecular complexity index is 976. The van der Waals surface area contributed by atoms with Crippen LogP contribution in [-0.2, 0) is 11.8 Å². The predicted molar refractivity (Wildman–Crippen MR) is 109 cm³/mol. The van der Waals surface area contributed by atoms with Crippen LogP contribution in [0.2, 0.25) is 0 Å². The Labute approximate surface area is 168 Å². The summed E-state index contributed by atoms with van der Waals surface area (Å²) in [7, 11) is 1.81. The second-order valence-corrected chi connectivity index (χ2v) is 7.46. The molecular weight excluding hydrogens is 430 g/mol. The first-order valence-corrected chi connectivity index (χ1v) is 9.73. The van der Waals surface area contributed by atoms with Gasteiger partial charge in [-0.1, -0.05) is 39.8 Å². The van der Waals surface area contributed by atoms with Crippen molar-refractivity contribution in [2.45, 2.75) is 5.16 Å². The average Bonchev–Trinajstić information content (AvgIpc) is 3.05. The van der Waals surface area contributed by atoms with Gasteiger partial charge in [0.15, 0.2) is 5.16 Å². The van der Waals surface area contributed by atoms with Crippen LogP contribution >= 0.6 is 27.7 Å². The number of aromatic nitrogens is 3. The Kier molecular flexibility index (Phi) is 6.25. The second kappa shape index (κ2) is 8.83. The fraction of sp³-hybridized carbons (Fsp3) is 0.111. The summed E-state index contributed by atoms with van der Waals surface area (Å²) in [5.41, 5.74) is 1.69. The molecule has 2 N–H and O–H groups in total. The van der Waals surface area contributed by atoms with Gasteiger partial charge in [-0.3, -0.25) is 9.59 Å².